The Morgan fingerprint density at radius 3 is 2.80 bits per heavy atom. The zero-order chi connectivity index (χ0) is 14.7. The van der Waals surface area contributed by atoms with Gasteiger partial charge in [-0.3, -0.25) is 15.1 Å². The molecule has 0 atom stereocenters. The lowest BCUT2D eigenvalue weighted by molar-refractivity contribution is -0.385. The van der Waals surface area contributed by atoms with Crippen LogP contribution in [0.25, 0.3) is 0 Å². The lowest BCUT2D eigenvalue weighted by Gasteiger charge is -2.08. The van der Waals surface area contributed by atoms with Crippen molar-refractivity contribution in [2.75, 3.05) is 0 Å². The molecule has 0 amide bonds. The molecule has 0 radical (unpaired) electrons. The van der Waals surface area contributed by atoms with Crippen LogP contribution in [0.1, 0.15) is 11.1 Å². The van der Waals surface area contributed by atoms with E-state index < -0.39 is 10.7 Å². The summed E-state index contributed by atoms with van der Waals surface area (Å²) in [5.41, 5.74) is 6.24. The highest BCUT2D eigenvalue weighted by Crippen LogP contribution is 2.30. The second kappa shape index (κ2) is 5.62. The molecule has 0 unspecified atom stereocenters. The van der Waals surface area contributed by atoms with Crippen LogP contribution < -0.4 is 10.5 Å². The van der Waals surface area contributed by atoms with Gasteiger partial charge < -0.3 is 10.5 Å². The van der Waals surface area contributed by atoms with Crippen molar-refractivity contribution in [2.24, 2.45) is 5.73 Å². The zero-order valence-corrected chi connectivity index (χ0v) is 10.7. The van der Waals surface area contributed by atoms with Crippen LogP contribution in [0.3, 0.4) is 0 Å². The Balaban J connectivity index is 2.34. The van der Waals surface area contributed by atoms with Crippen LogP contribution in [-0.4, -0.2) is 9.91 Å². The summed E-state index contributed by atoms with van der Waals surface area (Å²) in [7, 11) is 0. The molecule has 6 nitrogen and oxygen atoms in total. The number of rotatable bonds is 4. The van der Waals surface area contributed by atoms with Crippen molar-refractivity contribution in [1.82, 2.24) is 4.98 Å². The van der Waals surface area contributed by atoms with E-state index in [9.17, 15) is 14.5 Å². The van der Waals surface area contributed by atoms with E-state index in [1.54, 1.807) is 12.3 Å². The minimum absolute atomic E-state index is 0.0935. The topological polar surface area (TPSA) is 91.3 Å². The third-order valence-electron chi connectivity index (χ3n) is 2.68. The second-order valence-corrected chi connectivity index (χ2v) is 4.16. The molecule has 0 aliphatic heterocycles. The number of nitro groups is 1. The molecule has 104 valence electrons. The molecule has 2 aromatic rings. The number of aryl methyl sites for hydroxylation is 1. The van der Waals surface area contributed by atoms with E-state index >= 15 is 0 Å². The summed E-state index contributed by atoms with van der Waals surface area (Å²) in [5.74, 6) is -0.579. The molecule has 0 aliphatic carbocycles. The molecule has 2 rings (SSSR count). The van der Waals surface area contributed by atoms with Gasteiger partial charge in [-0.25, -0.2) is 4.39 Å². The molecule has 1 aromatic carbocycles. The first-order valence-corrected chi connectivity index (χ1v) is 5.77. The Morgan fingerprint density at radius 2 is 2.15 bits per heavy atom. The molecule has 1 aromatic heterocycles. The molecule has 0 saturated heterocycles. The van der Waals surface area contributed by atoms with E-state index in [4.69, 9.17) is 10.5 Å². The number of nitro benzene ring substituents is 1. The molecule has 1 heterocycles. The largest absolute Gasteiger partial charge is 0.453 e. The normalized spacial score (nSPS) is 10.3. The number of hydrogen-bond donors (Lipinski definition) is 1. The monoisotopic (exact) mass is 277 g/mol. The number of pyridine rings is 1. The summed E-state index contributed by atoms with van der Waals surface area (Å²) < 4.78 is 19.1. The van der Waals surface area contributed by atoms with Gasteiger partial charge in [-0.1, -0.05) is 0 Å². The van der Waals surface area contributed by atoms with Crippen LogP contribution >= 0.6 is 0 Å². The number of halogens is 1. The first-order chi connectivity index (χ1) is 9.51. The molecule has 0 spiro atoms. The minimum Gasteiger partial charge on any atom is -0.453 e. The van der Waals surface area contributed by atoms with Gasteiger partial charge in [0.05, 0.1) is 17.2 Å². The highest BCUT2D eigenvalue weighted by atomic mass is 19.1. The predicted molar refractivity (Wildman–Crippen MR) is 70.0 cm³/mol. The molecular weight excluding hydrogens is 265 g/mol. The second-order valence-electron chi connectivity index (χ2n) is 4.16. The van der Waals surface area contributed by atoms with E-state index in [2.05, 4.69) is 4.98 Å². The van der Waals surface area contributed by atoms with Gasteiger partial charge in [0.25, 0.3) is 5.69 Å². The summed E-state index contributed by atoms with van der Waals surface area (Å²) in [6.07, 6.45) is 2.99. The quantitative estimate of drug-likeness (QED) is 0.685. The van der Waals surface area contributed by atoms with Gasteiger partial charge in [0.1, 0.15) is 5.75 Å². The van der Waals surface area contributed by atoms with E-state index in [-0.39, 0.29) is 18.0 Å². The van der Waals surface area contributed by atoms with Crippen molar-refractivity contribution >= 4 is 5.69 Å². The molecule has 0 bridgehead atoms. The number of benzene rings is 1. The van der Waals surface area contributed by atoms with Gasteiger partial charge in [0.15, 0.2) is 11.6 Å². The summed E-state index contributed by atoms with van der Waals surface area (Å²) in [5, 5.41) is 10.7. The minimum atomic E-state index is -0.805. The number of nitrogens with two attached hydrogens (primary N) is 1. The maximum absolute atomic E-state index is 13.8. The Labute approximate surface area is 114 Å². The van der Waals surface area contributed by atoms with Crippen LogP contribution in [-0.2, 0) is 6.54 Å². The molecule has 7 heteroatoms. The highest BCUT2D eigenvalue weighted by molar-refractivity contribution is 5.46. The van der Waals surface area contributed by atoms with Crippen LogP contribution in [0, 0.1) is 22.9 Å². The maximum atomic E-state index is 13.8. The van der Waals surface area contributed by atoms with Gasteiger partial charge in [-0.2, -0.15) is 0 Å². The smallest absolute Gasteiger partial charge is 0.275 e. The van der Waals surface area contributed by atoms with Crippen LogP contribution in [0.4, 0.5) is 10.1 Å². The number of nitrogens with zero attached hydrogens (tertiary/aromatic N) is 2. The van der Waals surface area contributed by atoms with Crippen LogP contribution in [0.5, 0.6) is 11.5 Å². The van der Waals surface area contributed by atoms with E-state index in [1.807, 2.05) is 0 Å². The SMILES string of the molecule is Cc1cc(Oc2cncc(CN)c2)c(F)cc1[N+](=O)[O-]. The molecule has 0 saturated carbocycles. The Kier molecular flexibility index (Phi) is 3.90. The van der Waals surface area contributed by atoms with Gasteiger partial charge in [0, 0.05) is 18.3 Å². The first kappa shape index (κ1) is 13.9. The Hall–Kier alpha value is -2.54. The third-order valence-corrected chi connectivity index (χ3v) is 2.68. The molecule has 0 aliphatic rings. The average molecular weight is 277 g/mol. The fourth-order valence-corrected chi connectivity index (χ4v) is 1.68. The lowest BCUT2D eigenvalue weighted by atomic mass is 10.2. The standard InChI is InChI=1S/C13H12FN3O3/c1-8-2-13(11(14)4-12(8)17(18)19)20-10-3-9(5-15)6-16-7-10/h2-4,6-7H,5,15H2,1H3. The van der Waals surface area contributed by atoms with Gasteiger partial charge in [-0.15, -0.1) is 0 Å². The summed E-state index contributed by atoms with van der Waals surface area (Å²) in [6.45, 7) is 1.80. The van der Waals surface area contributed by atoms with Crippen LogP contribution in [0.2, 0.25) is 0 Å². The molecule has 0 fully saturated rings. The zero-order valence-electron chi connectivity index (χ0n) is 10.7. The summed E-state index contributed by atoms with van der Waals surface area (Å²) >= 11 is 0. The van der Waals surface area contributed by atoms with E-state index in [0.29, 0.717) is 11.3 Å². The van der Waals surface area contributed by atoms with Gasteiger partial charge in [-0.05, 0) is 24.6 Å². The highest BCUT2D eigenvalue weighted by Gasteiger charge is 2.16. The fraction of sp³-hybridized carbons (Fsp3) is 0.154. The lowest BCUT2D eigenvalue weighted by Crippen LogP contribution is -1.99. The Morgan fingerprint density at radius 1 is 1.40 bits per heavy atom. The van der Waals surface area contributed by atoms with E-state index in [0.717, 1.165) is 11.6 Å². The first-order valence-electron chi connectivity index (χ1n) is 5.77. The average Bonchev–Trinajstić information content (AvgIpc) is 2.42. The number of hydrogen-bond acceptors (Lipinski definition) is 5. The van der Waals surface area contributed by atoms with Gasteiger partial charge >= 0.3 is 0 Å². The van der Waals surface area contributed by atoms with Crippen molar-refractivity contribution in [3.63, 3.8) is 0 Å². The number of aromatic nitrogens is 1. The summed E-state index contributed by atoms with van der Waals surface area (Å²) in [4.78, 5) is 14.0. The molecular formula is C13H12FN3O3. The van der Waals surface area contributed by atoms with Crippen molar-refractivity contribution in [1.29, 1.82) is 0 Å². The van der Waals surface area contributed by atoms with Gasteiger partial charge in [0.2, 0.25) is 0 Å². The number of ether oxygens (including phenoxy) is 1. The summed E-state index contributed by atoms with van der Waals surface area (Å²) in [6, 6.07) is 3.75. The van der Waals surface area contributed by atoms with Crippen molar-refractivity contribution < 1.29 is 14.1 Å². The Bertz CT molecular complexity index is 661. The van der Waals surface area contributed by atoms with Crippen molar-refractivity contribution in [3.05, 3.63) is 57.7 Å². The van der Waals surface area contributed by atoms with Crippen molar-refractivity contribution in [3.8, 4) is 11.5 Å². The maximum Gasteiger partial charge on any atom is 0.275 e. The van der Waals surface area contributed by atoms with Crippen molar-refractivity contribution in [2.45, 2.75) is 13.5 Å². The predicted octanol–water partition coefficient (Wildman–Crippen LogP) is 2.69. The third kappa shape index (κ3) is 2.89. The fourth-order valence-electron chi connectivity index (χ4n) is 1.68. The van der Waals surface area contributed by atoms with Crippen LogP contribution in [0.15, 0.2) is 30.6 Å². The van der Waals surface area contributed by atoms with E-state index in [1.165, 1.54) is 19.2 Å². The molecule has 20 heavy (non-hydrogen) atoms. The molecule has 2 N–H and O–H groups in total.